The molecule has 17 heavy (non-hydrogen) atoms. The second-order valence-corrected chi connectivity index (χ2v) is 4.99. The van der Waals surface area contributed by atoms with E-state index in [1.54, 1.807) is 0 Å². The van der Waals surface area contributed by atoms with E-state index in [0.717, 1.165) is 18.9 Å². The second-order valence-electron chi connectivity index (χ2n) is 4.99. The highest BCUT2D eigenvalue weighted by molar-refractivity contribution is 5.04. The van der Waals surface area contributed by atoms with Gasteiger partial charge in [0.2, 0.25) is 0 Å². The Morgan fingerprint density at radius 2 is 2.12 bits per heavy atom. The van der Waals surface area contributed by atoms with Crippen LogP contribution in [0.4, 0.5) is 0 Å². The van der Waals surface area contributed by atoms with Crippen LogP contribution in [0, 0.1) is 5.92 Å². The molecule has 2 unspecified atom stereocenters. The van der Waals surface area contributed by atoms with E-state index >= 15 is 0 Å². The van der Waals surface area contributed by atoms with E-state index in [1.165, 1.54) is 24.8 Å². The van der Waals surface area contributed by atoms with Gasteiger partial charge in [0, 0.05) is 19.3 Å². The number of nitrogens with zero attached hydrogens (tertiary/aromatic N) is 2. The summed E-state index contributed by atoms with van der Waals surface area (Å²) in [5, 5.41) is 7.84. The molecular formula is C14H27N3. The smallest absolute Gasteiger partial charge is 0.0521 e. The van der Waals surface area contributed by atoms with Crippen molar-refractivity contribution < 1.29 is 0 Å². The third-order valence-corrected chi connectivity index (χ3v) is 3.40. The lowest BCUT2D eigenvalue weighted by atomic mass is 9.92. The first-order chi connectivity index (χ1) is 8.17. The van der Waals surface area contributed by atoms with E-state index in [2.05, 4.69) is 37.4 Å². The predicted octanol–water partition coefficient (Wildman–Crippen LogP) is 2.77. The maximum atomic E-state index is 4.22. The van der Waals surface area contributed by atoms with Gasteiger partial charge in [0.15, 0.2) is 0 Å². The van der Waals surface area contributed by atoms with Crippen LogP contribution in [0.2, 0.25) is 0 Å². The van der Waals surface area contributed by atoms with Crippen LogP contribution in [0.5, 0.6) is 0 Å². The predicted molar refractivity (Wildman–Crippen MR) is 73.1 cm³/mol. The van der Waals surface area contributed by atoms with Crippen LogP contribution in [0.1, 0.15) is 45.6 Å². The van der Waals surface area contributed by atoms with E-state index < -0.39 is 0 Å². The van der Waals surface area contributed by atoms with E-state index in [4.69, 9.17) is 0 Å². The van der Waals surface area contributed by atoms with E-state index in [9.17, 15) is 0 Å². The van der Waals surface area contributed by atoms with Gasteiger partial charge in [-0.1, -0.05) is 27.2 Å². The van der Waals surface area contributed by atoms with Crippen LogP contribution in [-0.2, 0) is 13.5 Å². The molecule has 1 rings (SSSR count). The van der Waals surface area contributed by atoms with Crippen molar-refractivity contribution in [2.75, 3.05) is 6.54 Å². The Morgan fingerprint density at radius 1 is 1.35 bits per heavy atom. The van der Waals surface area contributed by atoms with Gasteiger partial charge in [-0.2, -0.15) is 5.10 Å². The third-order valence-electron chi connectivity index (χ3n) is 3.40. The van der Waals surface area contributed by atoms with Gasteiger partial charge in [-0.15, -0.1) is 0 Å². The lowest BCUT2D eigenvalue weighted by Crippen LogP contribution is -2.35. The monoisotopic (exact) mass is 237 g/mol. The van der Waals surface area contributed by atoms with Gasteiger partial charge in [0.25, 0.3) is 0 Å². The summed E-state index contributed by atoms with van der Waals surface area (Å²) >= 11 is 0. The van der Waals surface area contributed by atoms with Gasteiger partial charge in [0.05, 0.1) is 6.20 Å². The summed E-state index contributed by atoms with van der Waals surface area (Å²) in [4.78, 5) is 0. The highest BCUT2D eigenvalue weighted by Gasteiger charge is 2.15. The first-order valence-electron chi connectivity index (χ1n) is 6.88. The highest BCUT2D eigenvalue weighted by atomic mass is 15.2. The molecule has 3 heteroatoms. The van der Waals surface area contributed by atoms with Crippen LogP contribution in [-0.4, -0.2) is 22.4 Å². The molecule has 0 aromatic carbocycles. The molecule has 1 aromatic heterocycles. The summed E-state index contributed by atoms with van der Waals surface area (Å²) in [6, 6.07) is 0.639. The molecule has 98 valence electrons. The normalized spacial score (nSPS) is 14.8. The molecule has 0 spiro atoms. The fourth-order valence-electron chi connectivity index (χ4n) is 2.43. The SMILES string of the molecule is CCCC(C)C(CCc1cnn(C)c1)NCC. The molecule has 0 fully saturated rings. The van der Waals surface area contributed by atoms with Crippen molar-refractivity contribution in [2.45, 2.75) is 52.5 Å². The molecular weight excluding hydrogens is 210 g/mol. The largest absolute Gasteiger partial charge is 0.314 e. The summed E-state index contributed by atoms with van der Waals surface area (Å²) in [5.41, 5.74) is 1.35. The Labute approximate surface area is 106 Å². The first kappa shape index (κ1) is 14.2. The van der Waals surface area contributed by atoms with Gasteiger partial charge in [-0.05, 0) is 37.3 Å². The van der Waals surface area contributed by atoms with E-state index in [0.29, 0.717) is 6.04 Å². The molecule has 2 atom stereocenters. The molecule has 1 heterocycles. The summed E-state index contributed by atoms with van der Waals surface area (Å²) in [7, 11) is 1.98. The maximum absolute atomic E-state index is 4.22. The van der Waals surface area contributed by atoms with Crippen LogP contribution in [0.25, 0.3) is 0 Å². The molecule has 0 aliphatic heterocycles. The summed E-state index contributed by atoms with van der Waals surface area (Å²) < 4.78 is 1.88. The molecule has 0 saturated carbocycles. The fourth-order valence-corrected chi connectivity index (χ4v) is 2.43. The van der Waals surface area contributed by atoms with Crippen LogP contribution < -0.4 is 5.32 Å². The standard InChI is InChI=1S/C14H27N3/c1-5-7-12(3)14(15-6-2)9-8-13-10-16-17(4)11-13/h10-12,14-15H,5-9H2,1-4H3. The number of aromatic nitrogens is 2. The molecule has 1 aromatic rings. The van der Waals surface area contributed by atoms with Gasteiger partial charge in [-0.25, -0.2) is 0 Å². The lowest BCUT2D eigenvalue weighted by molar-refractivity contribution is 0.342. The molecule has 3 nitrogen and oxygen atoms in total. The number of hydrogen-bond acceptors (Lipinski definition) is 2. The van der Waals surface area contributed by atoms with E-state index in [-0.39, 0.29) is 0 Å². The maximum Gasteiger partial charge on any atom is 0.0521 e. The highest BCUT2D eigenvalue weighted by Crippen LogP contribution is 2.15. The van der Waals surface area contributed by atoms with Crippen LogP contribution in [0.15, 0.2) is 12.4 Å². The van der Waals surface area contributed by atoms with Crippen LogP contribution >= 0.6 is 0 Å². The Bertz CT molecular complexity index is 306. The Balaban J connectivity index is 2.43. The van der Waals surface area contributed by atoms with Crippen molar-refractivity contribution in [3.05, 3.63) is 18.0 Å². The Hall–Kier alpha value is -0.830. The summed E-state index contributed by atoms with van der Waals surface area (Å²) in [6.45, 7) is 7.88. The Kier molecular flexibility index (Phi) is 6.27. The molecule has 0 radical (unpaired) electrons. The third kappa shape index (κ3) is 4.90. The number of aryl methyl sites for hydroxylation is 2. The van der Waals surface area contributed by atoms with Crippen molar-refractivity contribution in [1.29, 1.82) is 0 Å². The van der Waals surface area contributed by atoms with Gasteiger partial charge in [-0.3, -0.25) is 4.68 Å². The van der Waals surface area contributed by atoms with Crippen molar-refractivity contribution in [3.8, 4) is 0 Å². The summed E-state index contributed by atoms with van der Waals surface area (Å²) in [5.74, 6) is 0.761. The number of rotatable bonds is 8. The zero-order valence-electron chi connectivity index (χ0n) is 11.7. The number of nitrogens with one attached hydrogen (secondary N) is 1. The van der Waals surface area contributed by atoms with E-state index in [1.807, 2.05) is 17.9 Å². The molecule has 0 saturated heterocycles. The minimum absolute atomic E-state index is 0.639. The van der Waals surface area contributed by atoms with Gasteiger partial charge < -0.3 is 5.32 Å². The zero-order valence-corrected chi connectivity index (χ0v) is 11.7. The van der Waals surface area contributed by atoms with Crippen molar-refractivity contribution in [1.82, 2.24) is 15.1 Å². The quantitative estimate of drug-likeness (QED) is 0.753. The van der Waals surface area contributed by atoms with Gasteiger partial charge >= 0.3 is 0 Å². The minimum Gasteiger partial charge on any atom is -0.314 e. The van der Waals surface area contributed by atoms with Gasteiger partial charge in [0.1, 0.15) is 0 Å². The molecule has 0 aliphatic rings. The molecule has 1 N–H and O–H groups in total. The van der Waals surface area contributed by atoms with Crippen molar-refractivity contribution in [3.63, 3.8) is 0 Å². The average Bonchev–Trinajstić information content (AvgIpc) is 2.70. The van der Waals surface area contributed by atoms with Crippen molar-refractivity contribution >= 4 is 0 Å². The Morgan fingerprint density at radius 3 is 2.65 bits per heavy atom. The average molecular weight is 237 g/mol. The minimum atomic E-state index is 0.639. The fraction of sp³-hybridized carbons (Fsp3) is 0.786. The molecule has 0 amide bonds. The second kappa shape index (κ2) is 7.49. The number of hydrogen-bond donors (Lipinski definition) is 1. The van der Waals surface area contributed by atoms with Crippen LogP contribution in [0.3, 0.4) is 0 Å². The summed E-state index contributed by atoms with van der Waals surface area (Å²) in [6.07, 6.45) is 9.02. The zero-order chi connectivity index (χ0) is 12.7. The topological polar surface area (TPSA) is 29.9 Å². The lowest BCUT2D eigenvalue weighted by Gasteiger charge is -2.24. The van der Waals surface area contributed by atoms with Crippen molar-refractivity contribution in [2.24, 2.45) is 13.0 Å². The molecule has 0 bridgehead atoms. The molecule has 0 aliphatic carbocycles. The first-order valence-corrected chi connectivity index (χ1v) is 6.88.